The highest BCUT2D eigenvalue weighted by Crippen LogP contribution is 2.36. The molecule has 5 heteroatoms. The van der Waals surface area contributed by atoms with Crippen molar-refractivity contribution < 1.29 is 14.4 Å². The molecule has 1 aliphatic carbocycles. The number of hydrogen-bond donors (Lipinski definition) is 0. The maximum absolute atomic E-state index is 12.8. The Morgan fingerprint density at radius 2 is 1.92 bits per heavy atom. The zero-order valence-corrected chi connectivity index (χ0v) is 15.8. The van der Waals surface area contributed by atoms with Crippen LogP contribution in [0.3, 0.4) is 0 Å². The van der Waals surface area contributed by atoms with E-state index in [-0.39, 0.29) is 23.1 Å². The fourth-order valence-corrected chi connectivity index (χ4v) is 3.40. The van der Waals surface area contributed by atoms with Crippen molar-refractivity contribution in [2.24, 2.45) is 5.41 Å². The van der Waals surface area contributed by atoms with Gasteiger partial charge in [0.15, 0.2) is 0 Å². The van der Waals surface area contributed by atoms with Gasteiger partial charge < -0.3 is 4.90 Å². The largest absolute Gasteiger partial charge is 0.322 e. The van der Waals surface area contributed by atoms with Crippen LogP contribution in [0.1, 0.15) is 47.0 Å². The van der Waals surface area contributed by atoms with Crippen molar-refractivity contribution in [1.29, 1.82) is 0 Å². The lowest BCUT2D eigenvalue weighted by Gasteiger charge is -2.33. The Labute approximate surface area is 150 Å². The summed E-state index contributed by atoms with van der Waals surface area (Å²) in [5, 5.41) is 0. The third kappa shape index (κ3) is 3.46. The molecule has 0 aromatic carbocycles. The number of fused-ring (bicyclic) bond motifs is 1. The Balaban J connectivity index is 0.00000109. The smallest absolute Gasteiger partial charge is 0.255 e. The van der Waals surface area contributed by atoms with E-state index in [1.807, 2.05) is 26.0 Å². The molecule has 2 atom stereocenters. The molecule has 0 saturated carbocycles. The van der Waals surface area contributed by atoms with Gasteiger partial charge in [0, 0.05) is 31.0 Å². The molecular weight excluding hydrogens is 316 g/mol. The molecule has 2 saturated heterocycles. The van der Waals surface area contributed by atoms with Gasteiger partial charge in [0.05, 0.1) is 0 Å². The van der Waals surface area contributed by atoms with E-state index in [9.17, 15) is 14.4 Å². The first-order valence-electron chi connectivity index (χ1n) is 9.09. The molecule has 2 fully saturated rings. The second-order valence-corrected chi connectivity index (χ2v) is 6.75. The van der Waals surface area contributed by atoms with E-state index in [0.717, 1.165) is 16.9 Å². The molecule has 136 valence electrons. The van der Waals surface area contributed by atoms with Gasteiger partial charge >= 0.3 is 0 Å². The fraction of sp³-hybridized carbons (Fsp3) is 0.550. The summed E-state index contributed by atoms with van der Waals surface area (Å²) in [4.78, 5) is 39.5. The number of nitrogens with zero attached hydrogens (tertiary/aromatic N) is 2. The molecule has 0 spiro atoms. The summed E-state index contributed by atoms with van der Waals surface area (Å²) >= 11 is 0. The predicted octanol–water partition coefficient (Wildman–Crippen LogP) is 2.84. The number of likely N-dealkylation sites (N-methyl/N-ethyl adjacent to an activating group) is 1. The Morgan fingerprint density at radius 3 is 2.56 bits per heavy atom. The molecule has 0 aromatic rings. The van der Waals surface area contributed by atoms with E-state index in [0.29, 0.717) is 25.0 Å². The molecule has 25 heavy (non-hydrogen) atoms. The molecule has 3 amide bonds. The van der Waals surface area contributed by atoms with Gasteiger partial charge in [-0.3, -0.25) is 19.3 Å². The van der Waals surface area contributed by atoms with Crippen molar-refractivity contribution in [2.75, 3.05) is 13.6 Å². The third-order valence-corrected chi connectivity index (χ3v) is 5.18. The molecule has 0 N–H and O–H groups in total. The van der Waals surface area contributed by atoms with Crippen LogP contribution < -0.4 is 0 Å². The number of carbonyl (C=O) groups is 3. The monoisotopic (exact) mass is 344 g/mol. The van der Waals surface area contributed by atoms with Crippen molar-refractivity contribution in [3.05, 3.63) is 35.5 Å². The van der Waals surface area contributed by atoms with E-state index in [1.165, 1.54) is 7.05 Å². The number of likely N-dealkylation sites (tertiary alicyclic amines) is 2. The second kappa shape index (κ2) is 7.38. The van der Waals surface area contributed by atoms with Crippen LogP contribution in [0.15, 0.2) is 35.5 Å². The van der Waals surface area contributed by atoms with Crippen molar-refractivity contribution >= 4 is 17.7 Å². The van der Waals surface area contributed by atoms with Crippen LogP contribution in [-0.4, -0.2) is 47.2 Å². The number of rotatable bonds is 2. The minimum absolute atomic E-state index is 0.0762. The van der Waals surface area contributed by atoms with Crippen LogP contribution in [-0.2, 0) is 14.4 Å². The summed E-state index contributed by atoms with van der Waals surface area (Å²) in [7, 11) is 1.49. The SMILES string of the molecule is CC.CCC1(C)C=CC=C2C(=O)N(C3CCC(=O)N(C)C3=O)CC2=C1. The van der Waals surface area contributed by atoms with Crippen LogP contribution >= 0.6 is 0 Å². The number of piperidine rings is 1. The first kappa shape index (κ1) is 19.2. The zero-order valence-electron chi connectivity index (χ0n) is 15.8. The second-order valence-electron chi connectivity index (χ2n) is 6.75. The van der Waals surface area contributed by atoms with E-state index in [1.54, 1.807) is 4.90 Å². The minimum Gasteiger partial charge on any atom is -0.322 e. The summed E-state index contributed by atoms with van der Waals surface area (Å²) in [6.45, 7) is 8.70. The van der Waals surface area contributed by atoms with E-state index in [2.05, 4.69) is 26.0 Å². The Morgan fingerprint density at radius 1 is 1.24 bits per heavy atom. The van der Waals surface area contributed by atoms with Crippen LogP contribution in [0.25, 0.3) is 0 Å². The maximum atomic E-state index is 12.8. The molecule has 0 aromatic heterocycles. The summed E-state index contributed by atoms with van der Waals surface area (Å²) < 4.78 is 0. The number of imide groups is 1. The highest BCUT2D eigenvalue weighted by atomic mass is 16.2. The third-order valence-electron chi connectivity index (χ3n) is 5.18. The molecule has 2 aliphatic heterocycles. The van der Waals surface area contributed by atoms with Crippen molar-refractivity contribution in [3.63, 3.8) is 0 Å². The predicted molar refractivity (Wildman–Crippen MR) is 97.6 cm³/mol. The summed E-state index contributed by atoms with van der Waals surface area (Å²) in [5.74, 6) is -0.560. The highest BCUT2D eigenvalue weighted by Gasteiger charge is 2.43. The topological polar surface area (TPSA) is 57.7 Å². The lowest BCUT2D eigenvalue weighted by molar-refractivity contribution is -0.153. The van der Waals surface area contributed by atoms with Gasteiger partial charge in [0.25, 0.3) is 11.8 Å². The first-order valence-corrected chi connectivity index (χ1v) is 9.09. The molecule has 3 rings (SSSR count). The van der Waals surface area contributed by atoms with Gasteiger partial charge in [0.2, 0.25) is 5.91 Å². The van der Waals surface area contributed by atoms with Crippen molar-refractivity contribution in [2.45, 2.75) is 53.0 Å². The molecule has 5 nitrogen and oxygen atoms in total. The van der Waals surface area contributed by atoms with Gasteiger partial charge in [-0.1, -0.05) is 45.9 Å². The Bertz CT molecular complexity index is 674. The van der Waals surface area contributed by atoms with Crippen molar-refractivity contribution in [3.8, 4) is 0 Å². The zero-order chi connectivity index (χ0) is 18.8. The lowest BCUT2D eigenvalue weighted by atomic mass is 9.85. The number of amides is 3. The molecular formula is C20H28N2O3. The summed E-state index contributed by atoms with van der Waals surface area (Å²) in [6.07, 6.45) is 9.70. The number of hydrogen-bond acceptors (Lipinski definition) is 3. The van der Waals surface area contributed by atoms with Gasteiger partial charge in [-0.25, -0.2) is 0 Å². The summed E-state index contributed by atoms with van der Waals surface area (Å²) in [6, 6.07) is -0.532. The normalized spacial score (nSPS) is 28.8. The van der Waals surface area contributed by atoms with E-state index < -0.39 is 6.04 Å². The average molecular weight is 344 g/mol. The van der Waals surface area contributed by atoms with Crippen LogP contribution in [0.4, 0.5) is 0 Å². The Kier molecular flexibility index (Phi) is 5.65. The van der Waals surface area contributed by atoms with E-state index >= 15 is 0 Å². The van der Waals surface area contributed by atoms with Gasteiger partial charge in [-0.05, 0) is 24.5 Å². The molecule has 0 radical (unpaired) electrons. The standard InChI is InChI=1S/C18H22N2O3.C2H6/c1-4-18(2)9-5-6-13-12(10-18)11-20(16(13)22)14-7-8-15(21)19(3)17(14)23;1-2/h5-6,9-10,14H,4,7-8,11H2,1-3H3;1-2H3. The first-order chi connectivity index (χ1) is 11.9. The van der Waals surface area contributed by atoms with Gasteiger partial charge in [-0.2, -0.15) is 0 Å². The van der Waals surface area contributed by atoms with E-state index in [4.69, 9.17) is 0 Å². The highest BCUT2D eigenvalue weighted by molar-refractivity contribution is 6.07. The van der Waals surface area contributed by atoms with Gasteiger partial charge in [-0.15, -0.1) is 0 Å². The molecule has 0 bridgehead atoms. The maximum Gasteiger partial charge on any atom is 0.255 e. The lowest BCUT2D eigenvalue weighted by Crippen LogP contribution is -2.53. The van der Waals surface area contributed by atoms with Crippen molar-refractivity contribution in [1.82, 2.24) is 9.80 Å². The summed E-state index contributed by atoms with van der Waals surface area (Å²) in [5.41, 5.74) is 1.58. The molecule has 3 aliphatic rings. The number of allylic oxidation sites excluding steroid dienone is 4. The van der Waals surface area contributed by atoms with Crippen LogP contribution in [0.5, 0.6) is 0 Å². The fourth-order valence-electron chi connectivity index (χ4n) is 3.40. The van der Waals surface area contributed by atoms with Crippen LogP contribution in [0, 0.1) is 5.41 Å². The van der Waals surface area contributed by atoms with Gasteiger partial charge in [0.1, 0.15) is 6.04 Å². The van der Waals surface area contributed by atoms with Crippen LogP contribution in [0.2, 0.25) is 0 Å². The molecule has 2 unspecified atom stereocenters. The molecule has 2 heterocycles. The average Bonchev–Trinajstić information content (AvgIpc) is 2.80. The minimum atomic E-state index is -0.532. The number of carbonyl (C=O) groups excluding carboxylic acids is 3. The Hall–Kier alpha value is -2.17. The quantitative estimate of drug-likeness (QED) is 0.724.